The maximum absolute atomic E-state index is 5.62. The van der Waals surface area contributed by atoms with E-state index in [9.17, 15) is 0 Å². The van der Waals surface area contributed by atoms with Gasteiger partial charge in [0.2, 0.25) is 0 Å². The van der Waals surface area contributed by atoms with Gasteiger partial charge in [0, 0.05) is 12.4 Å². The molecule has 1 rings (SSSR count). The highest BCUT2D eigenvalue weighted by atomic mass is 16.5. The van der Waals surface area contributed by atoms with Gasteiger partial charge in [0.15, 0.2) is 0 Å². The molecular formula is C9H16N2O. The summed E-state index contributed by atoms with van der Waals surface area (Å²) in [4.78, 5) is 0. The Morgan fingerprint density at radius 3 is 2.75 bits per heavy atom. The van der Waals surface area contributed by atoms with Crippen LogP contribution in [0.4, 0.5) is 0 Å². The van der Waals surface area contributed by atoms with Crippen molar-refractivity contribution in [1.29, 1.82) is 0 Å². The Bertz CT molecular complexity index is 216. The molecule has 3 nitrogen and oxygen atoms in total. The number of hydrogen-bond acceptors (Lipinski definition) is 2. The van der Waals surface area contributed by atoms with Gasteiger partial charge in [-0.05, 0) is 26.3 Å². The third-order valence-corrected chi connectivity index (χ3v) is 2.00. The number of hydrogen-bond donors (Lipinski definition) is 0. The third-order valence-electron chi connectivity index (χ3n) is 2.00. The Balaban J connectivity index is 2.36. The lowest BCUT2D eigenvalue weighted by atomic mass is 10.1. The maximum Gasteiger partial charge on any atom is 0.140 e. The van der Waals surface area contributed by atoms with Crippen LogP contribution >= 0.6 is 0 Å². The van der Waals surface area contributed by atoms with Gasteiger partial charge in [-0.15, -0.1) is 0 Å². The average molecular weight is 168 g/mol. The van der Waals surface area contributed by atoms with Gasteiger partial charge in [-0.3, -0.25) is 0 Å². The molecule has 0 saturated heterocycles. The van der Waals surface area contributed by atoms with Crippen molar-refractivity contribution >= 4 is 0 Å². The van der Waals surface area contributed by atoms with Crippen molar-refractivity contribution in [3.8, 4) is 0 Å². The van der Waals surface area contributed by atoms with E-state index in [1.54, 1.807) is 10.9 Å². The van der Waals surface area contributed by atoms with Crippen LogP contribution in [0.2, 0.25) is 0 Å². The lowest BCUT2D eigenvalue weighted by Crippen LogP contribution is -2.24. The average Bonchev–Trinajstić information content (AvgIpc) is 2.53. The number of aromatic nitrogens is 2. The molecule has 1 heterocycles. The number of rotatable bonds is 4. The van der Waals surface area contributed by atoms with Crippen LogP contribution in [-0.4, -0.2) is 15.4 Å². The molecule has 0 spiro atoms. The van der Waals surface area contributed by atoms with Crippen molar-refractivity contribution < 1.29 is 4.74 Å². The van der Waals surface area contributed by atoms with Crippen LogP contribution in [0.3, 0.4) is 0 Å². The molecule has 1 aromatic heterocycles. The van der Waals surface area contributed by atoms with Gasteiger partial charge in [0.1, 0.15) is 6.73 Å². The molecule has 1 aromatic rings. The zero-order chi connectivity index (χ0) is 9.03. The topological polar surface area (TPSA) is 27.1 Å². The van der Waals surface area contributed by atoms with E-state index in [0.29, 0.717) is 6.73 Å². The van der Waals surface area contributed by atoms with Gasteiger partial charge >= 0.3 is 0 Å². The Morgan fingerprint density at radius 2 is 2.25 bits per heavy atom. The molecule has 0 N–H and O–H groups in total. The van der Waals surface area contributed by atoms with Crippen molar-refractivity contribution in [2.24, 2.45) is 0 Å². The first-order chi connectivity index (χ1) is 5.64. The Labute approximate surface area is 73.3 Å². The molecule has 3 heteroatoms. The summed E-state index contributed by atoms with van der Waals surface area (Å²) >= 11 is 0. The SMILES string of the molecule is CCC(C)(C)OCn1cccn1. The first-order valence-corrected chi connectivity index (χ1v) is 4.25. The van der Waals surface area contributed by atoms with Crippen molar-refractivity contribution in [1.82, 2.24) is 9.78 Å². The van der Waals surface area contributed by atoms with Crippen LogP contribution in [0.1, 0.15) is 27.2 Å². The molecule has 0 aromatic carbocycles. The van der Waals surface area contributed by atoms with Crippen molar-refractivity contribution in [3.05, 3.63) is 18.5 Å². The quantitative estimate of drug-likeness (QED) is 0.688. The maximum atomic E-state index is 5.62. The van der Waals surface area contributed by atoms with E-state index in [1.165, 1.54) is 0 Å². The summed E-state index contributed by atoms with van der Waals surface area (Å²) in [6.07, 6.45) is 4.66. The molecule has 0 aliphatic rings. The number of ether oxygens (including phenoxy) is 1. The molecule has 0 radical (unpaired) electrons. The van der Waals surface area contributed by atoms with Crippen molar-refractivity contribution in [3.63, 3.8) is 0 Å². The second-order valence-corrected chi connectivity index (χ2v) is 3.43. The monoisotopic (exact) mass is 168 g/mol. The van der Waals surface area contributed by atoms with Gasteiger partial charge < -0.3 is 4.74 Å². The van der Waals surface area contributed by atoms with E-state index >= 15 is 0 Å². The van der Waals surface area contributed by atoms with E-state index in [2.05, 4.69) is 25.9 Å². The van der Waals surface area contributed by atoms with E-state index < -0.39 is 0 Å². The highest BCUT2D eigenvalue weighted by molar-refractivity contribution is 4.77. The summed E-state index contributed by atoms with van der Waals surface area (Å²) in [6, 6.07) is 1.89. The third kappa shape index (κ3) is 2.66. The lowest BCUT2D eigenvalue weighted by molar-refractivity contribution is -0.0623. The van der Waals surface area contributed by atoms with Crippen molar-refractivity contribution in [2.45, 2.75) is 39.5 Å². The summed E-state index contributed by atoms with van der Waals surface area (Å²) in [5, 5.41) is 4.05. The first-order valence-electron chi connectivity index (χ1n) is 4.25. The molecule has 0 bridgehead atoms. The molecule has 12 heavy (non-hydrogen) atoms. The molecule has 0 amide bonds. The summed E-state index contributed by atoms with van der Waals surface area (Å²) in [7, 11) is 0. The van der Waals surface area contributed by atoms with E-state index in [1.807, 2.05) is 12.3 Å². The predicted molar refractivity (Wildman–Crippen MR) is 47.7 cm³/mol. The second kappa shape index (κ2) is 3.72. The fourth-order valence-electron chi connectivity index (χ4n) is 0.720. The van der Waals surface area contributed by atoms with E-state index in [0.717, 1.165) is 6.42 Å². The minimum absolute atomic E-state index is 0.0497. The zero-order valence-electron chi connectivity index (χ0n) is 7.95. The fourth-order valence-corrected chi connectivity index (χ4v) is 0.720. The van der Waals surface area contributed by atoms with Crippen LogP contribution in [0.15, 0.2) is 18.5 Å². The molecule has 0 saturated carbocycles. The molecular weight excluding hydrogens is 152 g/mol. The largest absolute Gasteiger partial charge is 0.353 e. The Kier molecular flexibility index (Phi) is 2.87. The molecule has 0 aliphatic carbocycles. The summed E-state index contributed by atoms with van der Waals surface area (Å²) < 4.78 is 7.40. The van der Waals surface area contributed by atoms with E-state index in [4.69, 9.17) is 4.74 Å². The highest BCUT2D eigenvalue weighted by Crippen LogP contribution is 2.13. The fraction of sp³-hybridized carbons (Fsp3) is 0.667. The molecule has 0 fully saturated rings. The predicted octanol–water partition coefficient (Wildman–Crippen LogP) is 2.05. The van der Waals surface area contributed by atoms with Crippen LogP contribution in [-0.2, 0) is 11.5 Å². The van der Waals surface area contributed by atoms with Crippen molar-refractivity contribution in [2.75, 3.05) is 0 Å². The van der Waals surface area contributed by atoms with Crippen LogP contribution < -0.4 is 0 Å². The Morgan fingerprint density at radius 1 is 1.50 bits per heavy atom. The van der Waals surface area contributed by atoms with Gasteiger partial charge in [0.05, 0.1) is 5.60 Å². The summed E-state index contributed by atoms with van der Waals surface area (Å²) in [6.45, 7) is 6.81. The smallest absolute Gasteiger partial charge is 0.140 e. The molecule has 0 aliphatic heterocycles. The van der Waals surface area contributed by atoms with Gasteiger partial charge in [-0.25, -0.2) is 4.68 Å². The minimum Gasteiger partial charge on any atom is -0.353 e. The number of nitrogens with zero attached hydrogens (tertiary/aromatic N) is 2. The lowest BCUT2D eigenvalue weighted by Gasteiger charge is -2.23. The summed E-state index contributed by atoms with van der Waals surface area (Å²) in [5.41, 5.74) is -0.0497. The normalized spacial score (nSPS) is 11.9. The Hall–Kier alpha value is -0.830. The minimum atomic E-state index is -0.0497. The zero-order valence-corrected chi connectivity index (χ0v) is 7.95. The second-order valence-electron chi connectivity index (χ2n) is 3.43. The van der Waals surface area contributed by atoms with E-state index in [-0.39, 0.29) is 5.60 Å². The highest BCUT2D eigenvalue weighted by Gasteiger charge is 2.14. The standard InChI is InChI=1S/C9H16N2O/c1-4-9(2,3)12-8-11-7-5-6-10-11/h5-7H,4,8H2,1-3H3. The summed E-state index contributed by atoms with van der Waals surface area (Å²) in [5.74, 6) is 0. The molecule has 0 unspecified atom stereocenters. The molecule has 68 valence electrons. The molecule has 0 atom stereocenters. The van der Waals surface area contributed by atoms with Gasteiger partial charge in [-0.1, -0.05) is 6.92 Å². The van der Waals surface area contributed by atoms with Crippen LogP contribution in [0.25, 0.3) is 0 Å². The van der Waals surface area contributed by atoms with Crippen LogP contribution in [0, 0.1) is 0 Å². The van der Waals surface area contributed by atoms with Gasteiger partial charge in [-0.2, -0.15) is 5.10 Å². The first kappa shape index (κ1) is 9.26. The van der Waals surface area contributed by atoms with Crippen LogP contribution in [0.5, 0.6) is 0 Å². The van der Waals surface area contributed by atoms with Gasteiger partial charge in [0.25, 0.3) is 0 Å².